The number of amidine groups is 1. The first kappa shape index (κ1) is 15.7. The normalized spacial score (nSPS) is 19.2. The zero-order chi connectivity index (χ0) is 15.1. The average Bonchev–Trinajstić information content (AvgIpc) is 2.72. The third-order valence-corrected chi connectivity index (χ3v) is 4.05. The number of aromatic nitrogens is 1. The van der Waals surface area contributed by atoms with Gasteiger partial charge < -0.3 is 21.4 Å². The maximum Gasteiger partial charge on any atom is 0.189 e. The summed E-state index contributed by atoms with van der Waals surface area (Å²) in [5.41, 5.74) is 6.33. The molecule has 0 spiro atoms. The third-order valence-electron chi connectivity index (χ3n) is 4.05. The van der Waals surface area contributed by atoms with Crippen LogP contribution in [0.3, 0.4) is 0 Å². The molecule has 1 saturated carbocycles. The third kappa shape index (κ3) is 4.41. The molecule has 0 amide bonds. The minimum absolute atomic E-state index is 0.000535. The van der Waals surface area contributed by atoms with Gasteiger partial charge in [0.1, 0.15) is 5.69 Å². The molecular formula is C15H24N4O2. The molecule has 1 aliphatic carbocycles. The van der Waals surface area contributed by atoms with E-state index in [-0.39, 0.29) is 5.84 Å². The summed E-state index contributed by atoms with van der Waals surface area (Å²) in [6.07, 6.45) is 7.88. The molecule has 116 valence electrons. The molecule has 1 heterocycles. The van der Waals surface area contributed by atoms with Crippen LogP contribution in [-0.4, -0.2) is 33.3 Å². The highest BCUT2D eigenvalue weighted by Crippen LogP contribution is 2.26. The fourth-order valence-corrected chi connectivity index (χ4v) is 2.85. The summed E-state index contributed by atoms with van der Waals surface area (Å²) >= 11 is 0. The van der Waals surface area contributed by atoms with Gasteiger partial charge in [-0.05, 0) is 24.5 Å². The van der Waals surface area contributed by atoms with E-state index in [1.54, 1.807) is 6.20 Å². The van der Waals surface area contributed by atoms with E-state index in [1.165, 1.54) is 12.8 Å². The number of nitrogens with one attached hydrogen (secondary N) is 1. The summed E-state index contributed by atoms with van der Waals surface area (Å²) in [7, 11) is 0. The molecule has 0 saturated heterocycles. The van der Waals surface area contributed by atoms with Gasteiger partial charge in [0.2, 0.25) is 0 Å². The van der Waals surface area contributed by atoms with Crippen molar-refractivity contribution in [1.29, 1.82) is 0 Å². The van der Waals surface area contributed by atoms with Crippen LogP contribution in [0.4, 0.5) is 0 Å². The maximum absolute atomic E-state index is 10.6. The van der Waals surface area contributed by atoms with Crippen molar-refractivity contribution in [3.05, 3.63) is 29.6 Å². The zero-order valence-corrected chi connectivity index (χ0v) is 12.3. The molecule has 1 aliphatic rings. The van der Waals surface area contributed by atoms with Crippen molar-refractivity contribution in [2.45, 2.75) is 50.7 Å². The first-order chi connectivity index (χ1) is 10.1. The van der Waals surface area contributed by atoms with E-state index in [2.05, 4.69) is 15.5 Å². The van der Waals surface area contributed by atoms with Crippen molar-refractivity contribution in [2.75, 3.05) is 6.54 Å². The van der Waals surface area contributed by atoms with Gasteiger partial charge in [-0.25, -0.2) is 0 Å². The van der Waals surface area contributed by atoms with Gasteiger partial charge in [0.15, 0.2) is 5.84 Å². The molecule has 0 atom stereocenters. The molecule has 0 aliphatic heterocycles. The fraction of sp³-hybridized carbons (Fsp3) is 0.600. The minimum atomic E-state index is -0.616. The summed E-state index contributed by atoms with van der Waals surface area (Å²) in [6, 6.07) is 3.69. The van der Waals surface area contributed by atoms with E-state index in [0.29, 0.717) is 18.8 Å². The largest absolute Gasteiger partial charge is 0.409 e. The monoisotopic (exact) mass is 292 g/mol. The van der Waals surface area contributed by atoms with Crippen LogP contribution in [0.15, 0.2) is 23.5 Å². The summed E-state index contributed by atoms with van der Waals surface area (Å²) in [5.74, 6) is 0.000535. The number of nitrogens with two attached hydrogens (primary N) is 1. The Hall–Kier alpha value is -1.66. The lowest BCUT2D eigenvalue weighted by Crippen LogP contribution is -2.40. The Balaban J connectivity index is 1.94. The zero-order valence-electron chi connectivity index (χ0n) is 12.3. The number of nitrogens with zero attached hydrogens (tertiary/aromatic N) is 2. The highest BCUT2D eigenvalue weighted by atomic mass is 16.4. The van der Waals surface area contributed by atoms with E-state index in [0.717, 1.165) is 31.2 Å². The van der Waals surface area contributed by atoms with Crippen LogP contribution in [0.1, 0.15) is 49.8 Å². The molecule has 21 heavy (non-hydrogen) atoms. The molecule has 6 nitrogen and oxygen atoms in total. The van der Waals surface area contributed by atoms with E-state index in [9.17, 15) is 5.11 Å². The van der Waals surface area contributed by atoms with Crippen molar-refractivity contribution in [3.63, 3.8) is 0 Å². The van der Waals surface area contributed by atoms with E-state index in [1.807, 2.05) is 12.1 Å². The molecule has 5 N–H and O–H groups in total. The van der Waals surface area contributed by atoms with Crippen molar-refractivity contribution in [3.8, 4) is 0 Å². The summed E-state index contributed by atoms with van der Waals surface area (Å²) in [5, 5.41) is 25.6. The highest BCUT2D eigenvalue weighted by Gasteiger charge is 2.27. The van der Waals surface area contributed by atoms with Crippen molar-refractivity contribution >= 4 is 5.84 Å². The number of rotatable bonds is 5. The Labute approximate surface area is 125 Å². The molecule has 1 aromatic rings. The van der Waals surface area contributed by atoms with Crippen LogP contribution < -0.4 is 11.1 Å². The molecule has 2 rings (SSSR count). The molecule has 0 aromatic carbocycles. The minimum Gasteiger partial charge on any atom is -0.409 e. The summed E-state index contributed by atoms with van der Waals surface area (Å²) in [4.78, 5) is 4.13. The Kier molecular flexibility index (Phi) is 5.52. The summed E-state index contributed by atoms with van der Waals surface area (Å²) in [6.45, 7) is 1.08. The van der Waals surface area contributed by atoms with Crippen molar-refractivity contribution in [1.82, 2.24) is 10.3 Å². The number of oxime groups is 1. The lowest BCUT2D eigenvalue weighted by atomic mass is 9.94. The first-order valence-corrected chi connectivity index (χ1v) is 7.49. The second kappa shape index (κ2) is 7.38. The van der Waals surface area contributed by atoms with Gasteiger partial charge in [0.05, 0.1) is 5.60 Å². The maximum atomic E-state index is 10.6. The molecule has 0 bridgehead atoms. The molecular weight excluding hydrogens is 268 g/mol. The molecule has 0 radical (unpaired) electrons. The smallest absolute Gasteiger partial charge is 0.189 e. The predicted molar refractivity (Wildman–Crippen MR) is 81.1 cm³/mol. The lowest BCUT2D eigenvalue weighted by Gasteiger charge is -2.27. The topological polar surface area (TPSA) is 104 Å². The van der Waals surface area contributed by atoms with E-state index in [4.69, 9.17) is 10.9 Å². The quantitative estimate of drug-likeness (QED) is 0.216. The average molecular weight is 292 g/mol. The van der Waals surface area contributed by atoms with Gasteiger partial charge in [-0.15, -0.1) is 0 Å². The molecule has 6 heteroatoms. The van der Waals surface area contributed by atoms with Gasteiger partial charge in [-0.3, -0.25) is 4.98 Å². The Morgan fingerprint density at radius 3 is 2.71 bits per heavy atom. The number of pyridine rings is 1. The van der Waals surface area contributed by atoms with Crippen LogP contribution in [0.5, 0.6) is 0 Å². The molecule has 1 aromatic heterocycles. The predicted octanol–water partition coefficient (Wildman–Crippen LogP) is 1.35. The van der Waals surface area contributed by atoms with Gasteiger partial charge in [0.25, 0.3) is 0 Å². The standard InChI is InChI=1S/C15H24N4O2/c16-14(19-21)13-12(6-5-9-18-13)10-17-11-15(20)7-3-1-2-4-8-15/h5-6,9,17,20-21H,1-4,7-8,10-11H2,(H2,16,19). The van der Waals surface area contributed by atoms with Crippen LogP contribution in [0.2, 0.25) is 0 Å². The SMILES string of the molecule is NC(=NO)c1ncccc1CNCC1(O)CCCCCC1. The first-order valence-electron chi connectivity index (χ1n) is 7.49. The lowest BCUT2D eigenvalue weighted by molar-refractivity contribution is 0.0250. The number of aliphatic hydroxyl groups is 1. The summed E-state index contributed by atoms with van der Waals surface area (Å²) < 4.78 is 0. The molecule has 1 fully saturated rings. The second-order valence-electron chi connectivity index (χ2n) is 5.74. The Bertz CT molecular complexity index is 482. The number of hydrogen-bond acceptors (Lipinski definition) is 5. The van der Waals surface area contributed by atoms with Gasteiger partial charge in [-0.1, -0.05) is 36.9 Å². The highest BCUT2D eigenvalue weighted by molar-refractivity contribution is 5.96. The van der Waals surface area contributed by atoms with E-state index >= 15 is 0 Å². The second-order valence-corrected chi connectivity index (χ2v) is 5.74. The number of hydrogen-bond donors (Lipinski definition) is 4. The molecule has 0 unspecified atom stereocenters. The Morgan fingerprint density at radius 1 is 1.33 bits per heavy atom. The van der Waals surface area contributed by atoms with Gasteiger partial charge in [0, 0.05) is 19.3 Å². The van der Waals surface area contributed by atoms with E-state index < -0.39 is 5.60 Å². The van der Waals surface area contributed by atoms with Crippen LogP contribution in [-0.2, 0) is 6.54 Å². The van der Waals surface area contributed by atoms with Crippen molar-refractivity contribution < 1.29 is 10.3 Å². The van der Waals surface area contributed by atoms with Crippen LogP contribution >= 0.6 is 0 Å². The van der Waals surface area contributed by atoms with Gasteiger partial charge >= 0.3 is 0 Å². The fourth-order valence-electron chi connectivity index (χ4n) is 2.85. The van der Waals surface area contributed by atoms with Crippen LogP contribution in [0, 0.1) is 0 Å². The van der Waals surface area contributed by atoms with Gasteiger partial charge in [-0.2, -0.15) is 0 Å². The van der Waals surface area contributed by atoms with Crippen LogP contribution in [0.25, 0.3) is 0 Å². The Morgan fingerprint density at radius 2 is 2.05 bits per heavy atom. The van der Waals surface area contributed by atoms with Crippen molar-refractivity contribution in [2.24, 2.45) is 10.9 Å².